The lowest BCUT2D eigenvalue weighted by atomic mass is 10.2. The van der Waals surface area contributed by atoms with Crippen molar-refractivity contribution in [3.63, 3.8) is 0 Å². The van der Waals surface area contributed by atoms with Crippen LogP contribution in [0.4, 0.5) is 0 Å². The molecule has 1 N–H and O–H groups in total. The number of hydrogen-bond donors (Lipinski definition) is 1. The van der Waals surface area contributed by atoms with Gasteiger partial charge in [-0.15, -0.1) is 0 Å². The van der Waals surface area contributed by atoms with Crippen LogP contribution in [0.15, 0.2) is 18.5 Å². The van der Waals surface area contributed by atoms with Crippen LogP contribution in [0.2, 0.25) is 0 Å². The standard InChI is InChI=1S/C9H15N3O2/c1-10-8(9(13)14-2)4-7-12-6-3-5-11-12/h3,5-6,8,10H,4,7H2,1-2H3. The molecule has 0 aliphatic heterocycles. The second-order valence-electron chi connectivity index (χ2n) is 2.92. The lowest BCUT2D eigenvalue weighted by Crippen LogP contribution is -2.35. The molecule has 1 aromatic rings. The van der Waals surface area contributed by atoms with Gasteiger partial charge in [0, 0.05) is 18.9 Å². The van der Waals surface area contributed by atoms with Gasteiger partial charge in [-0.1, -0.05) is 0 Å². The molecular formula is C9H15N3O2. The van der Waals surface area contributed by atoms with Gasteiger partial charge in [-0.25, -0.2) is 0 Å². The maximum absolute atomic E-state index is 11.2. The van der Waals surface area contributed by atoms with Crippen LogP contribution in [-0.2, 0) is 16.1 Å². The lowest BCUT2D eigenvalue weighted by molar-refractivity contribution is -0.143. The highest BCUT2D eigenvalue weighted by molar-refractivity contribution is 5.75. The summed E-state index contributed by atoms with van der Waals surface area (Å²) in [5, 5.41) is 6.94. The van der Waals surface area contributed by atoms with Gasteiger partial charge in [0.15, 0.2) is 0 Å². The van der Waals surface area contributed by atoms with Crippen LogP contribution in [0.5, 0.6) is 0 Å². The van der Waals surface area contributed by atoms with E-state index in [0.29, 0.717) is 13.0 Å². The summed E-state index contributed by atoms with van der Waals surface area (Å²) in [4.78, 5) is 11.2. The zero-order valence-corrected chi connectivity index (χ0v) is 8.43. The number of likely N-dealkylation sites (N-methyl/N-ethyl adjacent to an activating group) is 1. The number of hydrogen-bond acceptors (Lipinski definition) is 4. The molecule has 1 unspecified atom stereocenters. The molecule has 0 saturated carbocycles. The Labute approximate surface area is 83.1 Å². The second kappa shape index (κ2) is 5.39. The van der Waals surface area contributed by atoms with Crippen molar-refractivity contribution in [1.29, 1.82) is 0 Å². The summed E-state index contributed by atoms with van der Waals surface area (Å²) in [6.45, 7) is 0.702. The molecule has 1 rings (SSSR count). The van der Waals surface area contributed by atoms with Gasteiger partial charge in [-0.2, -0.15) is 5.10 Å². The summed E-state index contributed by atoms with van der Waals surface area (Å²) in [6, 6.07) is 1.59. The number of ether oxygens (including phenoxy) is 1. The monoisotopic (exact) mass is 197 g/mol. The topological polar surface area (TPSA) is 56.2 Å². The maximum Gasteiger partial charge on any atom is 0.322 e. The Bertz CT molecular complexity index is 272. The van der Waals surface area contributed by atoms with Crippen LogP contribution in [0, 0.1) is 0 Å². The van der Waals surface area contributed by atoms with Crippen molar-refractivity contribution in [2.24, 2.45) is 0 Å². The van der Waals surface area contributed by atoms with Crippen molar-refractivity contribution in [2.75, 3.05) is 14.2 Å². The van der Waals surface area contributed by atoms with Crippen LogP contribution in [0.25, 0.3) is 0 Å². The van der Waals surface area contributed by atoms with Crippen LogP contribution < -0.4 is 5.32 Å². The third-order valence-electron chi connectivity index (χ3n) is 2.04. The maximum atomic E-state index is 11.2. The highest BCUT2D eigenvalue weighted by Gasteiger charge is 2.16. The van der Waals surface area contributed by atoms with Gasteiger partial charge in [0.2, 0.25) is 0 Å². The molecule has 0 aliphatic carbocycles. The first-order valence-corrected chi connectivity index (χ1v) is 4.50. The average Bonchev–Trinajstić information content (AvgIpc) is 2.71. The molecule has 1 aromatic heterocycles. The van der Waals surface area contributed by atoms with Gasteiger partial charge in [-0.05, 0) is 19.5 Å². The van der Waals surface area contributed by atoms with Crippen molar-refractivity contribution in [2.45, 2.75) is 19.0 Å². The third-order valence-corrected chi connectivity index (χ3v) is 2.04. The van der Waals surface area contributed by atoms with Gasteiger partial charge < -0.3 is 10.1 Å². The van der Waals surface area contributed by atoms with Crippen LogP contribution >= 0.6 is 0 Å². The Hall–Kier alpha value is -1.36. The minimum atomic E-state index is -0.260. The molecule has 0 amide bonds. The number of carbonyl (C=O) groups is 1. The number of nitrogens with zero attached hydrogens (tertiary/aromatic N) is 2. The van der Waals surface area contributed by atoms with Gasteiger partial charge in [-0.3, -0.25) is 9.48 Å². The number of carbonyl (C=O) groups excluding carboxylic acids is 1. The second-order valence-corrected chi connectivity index (χ2v) is 2.92. The van der Waals surface area contributed by atoms with E-state index in [1.807, 2.05) is 12.3 Å². The molecule has 5 nitrogen and oxygen atoms in total. The fourth-order valence-electron chi connectivity index (χ4n) is 1.22. The van der Waals surface area contributed by atoms with Gasteiger partial charge >= 0.3 is 5.97 Å². The van der Waals surface area contributed by atoms with Gasteiger partial charge in [0.25, 0.3) is 0 Å². The van der Waals surface area contributed by atoms with E-state index in [1.54, 1.807) is 17.9 Å². The van der Waals surface area contributed by atoms with Crippen molar-refractivity contribution >= 4 is 5.97 Å². The van der Waals surface area contributed by atoms with E-state index >= 15 is 0 Å². The van der Waals surface area contributed by atoms with Crippen LogP contribution in [-0.4, -0.2) is 35.9 Å². The predicted octanol–water partition coefficient (Wildman–Crippen LogP) is 0.0342. The van der Waals surface area contributed by atoms with Crippen molar-refractivity contribution in [3.05, 3.63) is 18.5 Å². The van der Waals surface area contributed by atoms with E-state index in [9.17, 15) is 4.79 Å². The smallest absolute Gasteiger partial charge is 0.322 e. The summed E-state index contributed by atoms with van der Waals surface area (Å²) >= 11 is 0. The molecular weight excluding hydrogens is 182 g/mol. The molecule has 0 fully saturated rings. The normalized spacial score (nSPS) is 12.4. The Morgan fingerprint density at radius 3 is 3.00 bits per heavy atom. The third kappa shape index (κ3) is 2.85. The molecule has 1 heterocycles. The molecule has 14 heavy (non-hydrogen) atoms. The van der Waals surface area contributed by atoms with Gasteiger partial charge in [0.05, 0.1) is 7.11 Å². The molecule has 0 spiro atoms. The first-order chi connectivity index (χ1) is 6.77. The fraction of sp³-hybridized carbons (Fsp3) is 0.556. The lowest BCUT2D eigenvalue weighted by Gasteiger charge is -2.12. The molecule has 0 bridgehead atoms. The van der Waals surface area contributed by atoms with Crippen molar-refractivity contribution in [1.82, 2.24) is 15.1 Å². The number of aromatic nitrogens is 2. The first kappa shape index (κ1) is 10.7. The average molecular weight is 197 g/mol. The Morgan fingerprint density at radius 2 is 2.50 bits per heavy atom. The van der Waals surface area contributed by atoms with E-state index in [4.69, 9.17) is 0 Å². The number of nitrogens with one attached hydrogen (secondary N) is 1. The first-order valence-electron chi connectivity index (χ1n) is 4.50. The highest BCUT2D eigenvalue weighted by Crippen LogP contribution is 1.97. The number of aryl methyl sites for hydroxylation is 1. The summed E-state index contributed by atoms with van der Waals surface area (Å²) in [6.07, 6.45) is 4.25. The molecule has 0 radical (unpaired) electrons. The Kier molecular flexibility index (Phi) is 4.12. The zero-order chi connectivity index (χ0) is 10.4. The molecule has 0 saturated heterocycles. The largest absolute Gasteiger partial charge is 0.468 e. The molecule has 5 heteroatoms. The van der Waals surface area contributed by atoms with Crippen LogP contribution in [0.1, 0.15) is 6.42 Å². The Morgan fingerprint density at radius 1 is 1.71 bits per heavy atom. The predicted molar refractivity (Wildman–Crippen MR) is 51.7 cm³/mol. The number of rotatable bonds is 5. The molecule has 0 aliphatic rings. The van der Waals surface area contributed by atoms with E-state index in [0.717, 1.165) is 0 Å². The van der Waals surface area contributed by atoms with E-state index in [-0.39, 0.29) is 12.0 Å². The fourth-order valence-corrected chi connectivity index (χ4v) is 1.22. The van der Waals surface area contributed by atoms with Crippen LogP contribution in [0.3, 0.4) is 0 Å². The Balaban J connectivity index is 2.38. The highest BCUT2D eigenvalue weighted by atomic mass is 16.5. The minimum Gasteiger partial charge on any atom is -0.468 e. The molecule has 78 valence electrons. The summed E-state index contributed by atoms with van der Waals surface area (Å²) in [5.74, 6) is -0.236. The molecule has 0 aromatic carbocycles. The van der Waals surface area contributed by atoms with Gasteiger partial charge in [0.1, 0.15) is 6.04 Å². The summed E-state index contributed by atoms with van der Waals surface area (Å²) in [7, 11) is 3.13. The van der Waals surface area contributed by atoms with E-state index in [1.165, 1.54) is 7.11 Å². The summed E-state index contributed by atoms with van der Waals surface area (Å²) in [5.41, 5.74) is 0. The molecule has 1 atom stereocenters. The quantitative estimate of drug-likeness (QED) is 0.677. The number of esters is 1. The van der Waals surface area contributed by atoms with E-state index in [2.05, 4.69) is 15.2 Å². The number of methoxy groups -OCH3 is 1. The van der Waals surface area contributed by atoms with Crippen molar-refractivity contribution in [3.8, 4) is 0 Å². The van der Waals surface area contributed by atoms with E-state index < -0.39 is 0 Å². The zero-order valence-electron chi connectivity index (χ0n) is 8.43. The SMILES string of the molecule is CNC(CCn1cccn1)C(=O)OC. The summed E-state index contributed by atoms with van der Waals surface area (Å²) < 4.78 is 6.43. The van der Waals surface area contributed by atoms with Crippen molar-refractivity contribution < 1.29 is 9.53 Å². The minimum absolute atomic E-state index is 0.236.